The number of benzene rings is 2. The first kappa shape index (κ1) is 16.8. The lowest BCUT2D eigenvalue weighted by Gasteiger charge is -2.15. The third kappa shape index (κ3) is 3.71. The van der Waals surface area contributed by atoms with Crippen LogP contribution in [0.1, 0.15) is 18.2 Å². The van der Waals surface area contributed by atoms with E-state index in [0.717, 1.165) is 45.0 Å². The Balaban J connectivity index is 2.06. The molecule has 128 valence electrons. The van der Waals surface area contributed by atoms with Crippen LogP contribution in [0.15, 0.2) is 42.5 Å². The van der Waals surface area contributed by atoms with Crippen LogP contribution in [0.25, 0.3) is 10.9 Å². The first-order valence-corrected chi connectivity index (χ1v) is 8.07. The van der Waals surface area contributed by atoms with E-state index in [2.05, 4.69) is 15.6 Å². The number of aromatic nitrogens is 1. The number of rotatable bonds is 4. The molecule has 0 saturated carbocycles. The van der Waals surface area contributed by atoms with Gasteiger partial charge < -0.3 is 15.4 Å². The lowest BCUT2D eigenvalue weighted by Crippen LogP contribution is -2.06. The molecule has 0 unspecified atom stereocenters. The molecule has 0 saturated heterocycles. The molecule has 0 bridgehead atoms. The molecule has 0 fully saturated rings. The van der Waals surface area contributed by atoms with E-state index >= 15 is 0 Å². The second kappa shape index (κ2) is 6.81. The fraction of sp³-hybridized carbons (Fsp3) is 0.200. The average molecular weight is 335 g/mol. The Hall–Kier alpha value is -3.08. The number of ether oxygens (including phenoxy) is 1. The van der Waals surface area contributed by atoms with Crippen molar-refractivity contribution in [3.8, 4) is 5.75 Å². The SMILES string of the molecule is COc1ccc2nc(C)cc(Nc3cc(NC(C)=O)ccc3C)c2c1. The molecule has 0 aliphatic carbocycles. The minimum atomic E-state index is -0.0928. The smallest absolute Gasteiger partial charge is 0.221 e. The lowest BCUT2D eigenvalue weighted by molar-refractivity contribution is -0.114. The molecular weight excluding hydrogens is 314 g/mol. The van der Waals surface area contributed by atoms with Crippen LogP contribution in [-0.2, 0) is 4.79 Å². The summed E-state index contributed by atoms with van der Waals surface area (Å²) in [4.78, 5) is 15.9. The second-order valence-electron chi connectivity index (χ2n) is 6.03. The van der Waals surface area contributed by atoms with Crippen molar-refractivity contribution in [2.75, 3.05) is 17.7 Å². The van der Waals surface area contributed by atoms with Crippen molar-refractivity contribution < 1.29 is 9.53 Å². The van der Waals surface area contributed by atoms with Crippen molar-refractivity contribution in [1.82, 2.24) is 4.98 Å². The largest absolute Gasteiger partial charge is 0.497 e. The monoisotopic (exact) mass is 335 g/mol. The molecule has 0 aliphatic heterocycles. The minimum absolute atomic E-state index is 0.0928. The van der Waals surface area contributed by atoms with E-state index in [1.165, 1.54) is 6.92 Å². The molecule has 25 heavy (non-hydrogen) atoms. The molecule has 1 heterocycles. The average Bonchev–Trinajstić information content (AvgIpc) is 2.57. The molecule has 0 spiro atoms. The zero-order valence-corrected chi connectivity index (χ0v) is 14.8. The third-order valence-corrected chi connectivity index (χ3v) is 3.97. The van der Waals surface area contributed by atoms with E-state index in [-0.39, 0.29) is 5.91 Å². The van der Waals surface area contributed by atoms with E-state index < -0.39 is 0 Å². The van der Waals surface area contributed by atoms with E-state index in [4.69, 9.17) is 4.74 Å². The second-order valence-corrected chi connectivity index (χ2v) is 6.03. The van der Waals surface area contributed by atoms with Crippen molar-refractivity contribution in [2.24, 2.45) is 0 Å². The van der Waals surface area contributed by atoms with Crippen molar-refractivity contribution in [3.05, 3.63) is 53.7 Å². The van der Waals surface area contributed by atoms with Gasteiger partial charge in [-0.15, -0.1) is 0 Å². The summed E-state index contributed by atoms with van der Waals surface area (Å²) >= 11 is 0. The molecule has 3 rings (SSSR count). The number of carbonyl (C=O) groups excluding carboxylic acids is 1. The predicted molar refractivity (Wildman–Crippen MR) is 102 cm³/mol. The van der Waals surface area contributed by atoms with Gasteiger partial charge in [-0.3, -0.25) is 9.78 Å². The Bertz CT molecular complexity index is 951. The van der Waals surface area contributed by atoms with E-state index in [0.29, 0.717) is 0 Å². The maximum absolute atomic E-state index is 11.3. The van der Waals surface area contributed by atoms with Crippen LogP contribution in [0, 0.1) is 13.8 Å². The van der Waals surface area contributed by atoms with Crippen molar-refractivity contribution in [1.29, 1.82) is 0 Å². The van der Waals surface area contributed by atoms with Crippen LogP contribution < -0.4 is 15.4 Å². The number of fused-ring (bicyclic) bond motifs is 1. The molecule has 3 aromatic rings. The summed E-state index contributed by atoms with van der Waals surface area (Å²) < 4.78 is 5.34. The Morgan fingerprint density at radius 2 is 1.84 bits per heavy atom. The van der Waals surface area contributed by atoms with E-state index in [1.54, 1.807) is 7.11 Å². The first-order valence-electron chi connectivity index (χ1n) is 8.07. The number of methoxy groups -OCH3 is 1. The fourth-order valence-corrected chi connectivity index (χ4v) is 2.75. The topological polar surface area (TPSA) is 63.2 Å². The molecule has 0 atom stereocenters. The quantitative estimate of drug-likeness (QED) is 0.733. The molecule has 0 aliphatic rings. The Morgan fingerprint density at radius 3 is 2.56 bits per heavy atom. The number of pyridine rings is 1. The van der Waals surface area contributed by atoms with Crippen LogP contribution in [0.3, 0.4) is 0 Å². The van der Waals surface area contributed by atoms with Gasteiger partial charge in [0.05, 0.1) is 12.6 Å². The minimum Gasteiger partial charge on any atom is -0.497 e. The molecule has 5 nitrogen and oxygen atoms in total. The first-order chi connectivity index (χ1) is 12.0. The third-order valence-electron chi connectivity index (χ3n) is 3.97. The maximum atomic E-state index is 11.3. The molecule has 1 aromatic heterocycles. The molecule has 2 aromatic carbocycles. The summed E-state index contributed by atoms with van der Waals surface area (Å²) in [6.45, 7) is 5.49. The van der Waals surface area contributed by atoms with Crippen LogP contribution in [-0.4, -0.2) is 18.0 Å². The van der Waals surface area contributed by atoms with E-state index in [9.17, 15) is 4.79 Å². The summed E-state index contributed by atoms with van der Waals surface area (Å²) in [6.07, 6.45) is 0. The molecule has 5 heteroatoms. The lowest BCUT2D eigenvalue weighted by atomic mass is 10.1. The van der Waals surface area contributed by atoms with Gasteiger partial charge >= 0.3 is 0 Å². The molecular formula is C20H21N3O2. The van der Waals surface area contributed by atoms with Gasteiger partial charge in [0.25, 0.3) is 0 Å². The van der Waals surface area contributed by atoms with Gasteiger partial charge in [0.2, 0.25) is 5.91 Å². The highest BCUT2D eigenvalue weighted by Gasteiger charge is 2.08. The zero-order valence-electron chi connectivity index (χ0n) is 14.8. The van der Waals surface area contributed by atoms with Crippen LogP contribution in [0.4, 0.5) is 17.1 Å². The molecule has 0 radical (unpaired) electrons. The summed E-state index contributed by atoms with van der Waals surface area (Å²) in [5, 5.41) is 7.27. The molecule has 2 N–H and O–H groups in total. The number of hydrogen-bond acceptors (Lipinski definition) is 4. The highest BCUT2D eigenvalue weighted by molar-refractivity contribution is 5.95. The number of anilines is 3. The zero-order chi connectivity index (χ0) is 18.0. The van der Waals surface area contributed by atoms with Gasteiger partial charge in [-0.25, -0.2) is 0 Å². The van der Waals surface area contributed by atoms with Gasteiger partial charge in [-0.1, -0.05) is 6.07 Å². The maximum Gasteiger partial charge on any atom is 0.221 e. The number of hydrogen-bond donors (Lipinski definition) is 2. The van der Waals surface area contributed by atoms with Crippen LogP contribution in [0.2, 0.25) is 0 Å². The summed E-state index contributed by atoms with van der Waals surface area (Å²) in [7, 11) is 1.65. The Labute approximate surface area is 147 Å². The summed E-state index contributed by atoms with van der Waals surface area (Å²) in [6, 6.07) is 13.6. The Kier molecular flexibility index (Phi) is 4.57. The summed E-state index contributed by atoms with van der Waals surface area (Å²) in [5.41, 5.74) is 5.55. The van der Waals surface area contributed by atoms with Gasteiger partial charge in [-0.05, 0) is 55.8 Å². The Morgan fingerprint density at radius 1 is 1.04 bits per heavy atom. The van der Waals surface area contributed by atoms with Crippen LogP contribution in [0.5, 0.6) is 5.75 Å². The number of nitrogens with zero attached hydrogens (tertiary/aromatic N) is 1. The summed E-state index contributed by atoms with van der Waals surface area (Å²) in [5.74, 6) is 0.690. The number of amides is 1. The van der Waals surface area contributed by atoms with E-state index in [1.807, 2.05) is 56.3 Å². The predicted octanol–water partition coefficient (Wildman–Crippen LogP) is 4.56. The normalized spacial score (nSPS) is 10.6. The van der Waals surface area contributed by atoms with Crippen molar-refractivity contribution >= 4 is 33.9 Å². The van der Waals surface area contributed by atoms with Gasteiger partial charge in [-0.2, -0.15) is 0 Å². The van der Waals surface area contributed by atoms with Crippen molar-refractivity contribution in [2.45, 2.75) is 20.8 Å². The highest BCUT2D eigenvalue weighted by Crippen LogP contribution is 2.31. The number of aryl methyl sites for hydroxylation is 2. The van der Waals surface area contributed by atoms with Gasteiger partial charge in [0.15, 0.2) is 0 Å². The van der Waals surface area contributed by atoms with Crippen molar-refractivity contribution in [3.63, 3.8) is 0 Å². The van der Waals surface area contributed by atoms with Gasteiger partial charge in [0.1, 0.15) is 5.75 Å². The highest BCUT2D eigenvalue weighted by atomic mass is 16.5. The van der Waals surface area contributed by atoms with Crippen LogP contribution >= 0.6 is 0 Å². The standard InChI is InChI=1S/C20H21N3O2/c1-12-5-6-15(22-14(3)24)10-19(12)23-20-9-13(2)21-18-8-7-16(25-4)11-17(18)20/h5-11H,1-4H3,(H,21,23)(H,22,24). The number of nitrogens with one attached hydrogen (secondary N) is 2. The molecule has 1 amide bonds. The van der Waals surface area contributed by atoms with Gasteiger partial charge in [0, 0.05) is 35.1 Å². The fourth-order valence-electron chi connectivity index (χ4n) is 2.75. The number of carbonyl (C=O) groups is 1.